The molecule has 31 heavy (non-hydrogen) atoms. The lowest BCUT2D eigenvalue weighted by molar-refractivity contribution is -0.265. The number of hydrogen-bond donors (Lipinski definition) is 0. The summed E-state index contributed by atoms with van der Waals surface area (Å²) in [4.78, 5) is 36.1. The molecule has 0 aromatic heterocycles. The Bertz CT molecular complexity index is 791. The lowest BCUT2D eigenvalue weighted by Gasteiger charge is -2.40. The highest BCUT2D eigenvalue weighted by Crippen LogP contribution is 2.39. The van der Waals surface area contributed by atoms with Crippen LogP contribution in [0.25, 0.3) is 0 Å². The summed E-state index contributed by atoms with van der Waals surface area (Å²) in [5.74, 6) is -2.52. The van der Waals surface area contributed by atoms with E-state index in [1.54, 1.807) is 13.8 Å². The molecule has 170 valence electrons. The minimum absolute atomic E-state index is 0.0313. The Balaban J connectivity index is 1.86. The zero-order valence-electron chi connectivity index (χ0n) is 18.1. The van der Waals surface area contributed by atoms with E-state index < -0.39 is 48.4 Å². The monoisotopic (exact) mass is 436 g/mol. The van der Waals surface area contributed by atoms with Crippen molar-refractivity contribution >= 4 is 17.7 Å². The van der Waals surface area contributed by atoms with Crippen LogP contribution < -0.4 is 0 Å². The van der Waals surface area contributed by atoms with Gasteiger partial charge in [0, 0.05) is 6.42 Å². The van der Waals surface area contributed by atoms with Gasteiger partial charge in [0.2, 0.25) is 0 Å². The Morgan fingerprint density at radius 1 is 1.03 bits per heavy atom. The summed E-state index contributed by atoms with van der Waals surface area (Å²) in [6.45, 7) is 5.00. The molecule has 1 aromatic rings. The molecule has 5 atom stereocenters. The number of esters is 2. The first-order valence-electron chi connectivity index (χ1n) is 10.1. The third-order valence-electron chi connectivity index (χ3n) is 4.98. The molecule has 3 rings (SSSR count). The van der Waals surface area contributed by atoms with Crippen molar-refractivity contribution in [3.63, 3.8) is 0 Å². The number of fused-ring (bicyclic) bond motifs is 1. The molecular formula is C22H28O9. The predicted molar refractivity (Wildman–Crippen MR) is 106 cm³/mol. The number of benzene rings is 1. The van der Waals surface area contributed by atoms with Crippen LogP contribution in [0.2, 0.25) is 0 Å². The fourth-order valence-electron chi connectivity index (χ4n) is 3.55. The van der Waals surface area contributed by atoms with E-state index in [0.29, 0.717) is 0 Å². The smallest absolute Gasteiger partial charge is 0.339 e. The highest BCUT2D eigenvalue weighted by atomic mass is 16.8. The summed E-state index contributed by atoms with van der Waals surface area (Å²) >= 11 is 0. The Labute approximate surface area is 180 Å². The third-order valence-corrected chi connectivity index (χ3v) is 4.98. The zero-order chi connectivity index (χ0) is 22.6. The molecular weight excluding hydrogens is 408 g/mol. The molecule has 2 saturated heterocycles. The number of carbonyl (C=O) groups is 3. The Kier molecular flexibility index (Phi) is 7.42. The molecule has 9 heteroatoms. The van der Waals surface area contributed by atoms with Crippen molar-refractivity contribution in [1.29, 1.82) is 0 Å². The van der Waals surface area contributed by atoms with E-state index in [1.807, 2.05) is 30.3 Å². The molecule has 0 spiro atoms. The van der Waals surface area contributed by atoms with Gasteiger partial charge in [-0.25, -0.2) is 4.79 Å². The topological polar surface area (TPSA) is 107 Å². The normalized spacial score (nSPS) is 29.1. The van der Waals surface area contributed by atoms with Crippen molar-refractivity contribution < 1.29 is 42.8 Å². The Morgan fingerprint density at radius 2 is 1.74 bits per heavy atom. The van der Waals surface area contributed by atoms with Crippen molar-refractivity contribution in [1.82, 2.24) is 0 Å². The van der Waals surface area contributed by atoms with Crippen LogP contribution in [0.1, 0.15) is 39.2 Å². The van der Waals surface area contributed by atoms with E-state index in [0.717, 1.165) is 5.56 Å². The summed E-state index contributed by atoms with van der Waals surface area (Å²) in [6.07, 6.45) is -5.03. The second-order valence-electron chi connectivity index (χ2n) is 7.97. The first kappa shape index (κ1) is 23.3. The first-order chi connectivity index (χ1) is 14.7. The maximum absolute atomic E-state index is 12.5. The van der Waals surface area contributed by atoms with Gasteiger partial charge in [0.15, 0.2) is 24.3 Å². The maximum atomic E-state index is 12.5. The molecule has 0 amide bonds. The van der Waals surface area contributed by atoms with Gasteiger partial charge < -0.3 is 33.2 Å². The minimum atomic E-state index is -1.27. The molecule has 0 unspecified atom stereocenters. The summed E-state index contributed by atoms with van der Waals surface area (Å²) in [7, 11) is 1.21. The lowest BCUT2D eigenvalue weighted by Crippen LogP contribution is -2.61. The average molecular weight is 436 g/mol. The summed E-state index contributed by atoms with van der Waals surface area (Å²) in [5, 5.41) is 0. The number of methoxy groups -OCH3 is 1. The van der Waals surface area contributed by atoms with Crippen LogP contribution in [-0.4, -0.2) is 61.3 Å². The van der Waals surface area contributed by atoms with Crippen LogP contribution in [0.15, 0.2) is 30.3 Å². The van der Waals surface area contributed by atoms with Gasteiger partial charge in [-0.2, -0.15) is 0 Å². The van der Waals surface area contributed by atoms with Crippen molar-refractivity contribution in [3.8, 4) is 0 Å². The van der Waals surface area contributed by atoms with Gasteiger partial charge in [0.1, 0.15) is 18.0 Å². The van der Waals surface area contributed by atoms with Crippen LogP contribution in [0.3, 0.4) is 0 Å². The van der Waals surface area contributed by atoms with Crippen molar-refractivity contribution in [3.05, 3.63) is 35.9 Å². The second kappa shape index (κ2) is 9.86. The van der Waals surface area contributed by atoms with Gasteiger partial charge >= 0.3 is 11.9 Å². The van der Waals surface area contributed by atoms with E-state index >= 15 is 0 Å². The molecule has 0 bridgehead atoms. The molecule has 2 aliphatic rings. The van der Waals surface area contributed by atoms with Gasteiger partial charge in [0.05, 0.1) is 20.1 Å². The van der Waals surface area contributed by atoms with E-state index in [9.17, 15) is 14.4 Å². The second-order valence-corrected chi connectivity index (χ2v) is 7.97. The van der Waals surface area contributed by atoms with Gasteiger partial charge in [0.25, 0.3) is 0 Å². The molecule has 2 fully saturated rings. The van der Waals surface area contributed by atoms with E-state index in [1.165, 1.54) is 14.0 Å². The molecule has 0 aliphatic carbocycles. The molecule has 0 saturated carbocycles. The number of rotatable bonds is 8. The Hall–Kier alpha value is -2.33. The summed E-state index contributed by atoms with van der Waals surface area (Å²) in [6, 6.07) is 9.41. The number of Topliss-reactive ketones (excluding diaryl/α,β-unsaturated/α-hetero) is 1. The largest absolute Gasteiger partial charge is 0.467 e. The van der Waals surface area contributed by atoms with Crippen LogP contribution in [0.5, 0.6) is 0 Å². The van der Waals surface area contributed by atoms with Crippen molar-refractivity contribution in [2.24, 2.45) is 0 Å². The van der Waals surface area contributed by atoms with Crippen LogP contribution in [0, 0.1) is 0 Å². The fourth-order valence-corrected chi connectivity index (χ4v) is 3.55. The van der Waals surface area contributed by atoms with E-state index in [4.69, 9.17) is 28.4 Å². The molecule has 2 aliphatic heterocycles. The zero-order valence-corrected chi connectivity index (χ0v) is 18.1. The maximum Gasteiger partial charge on any atom is 0.339 e. The van der Waals surface area contributed by atoms with Crippen LogP contribution >= 0.6 is 0 Å². The fraction of sp³-hybridized carbons (Fsp3) is 0.591. The third kappa shape index (κ3) is 5.88. The molecule has 0 N–H and O–H groups in total. The highest BCUT2D eigenvalue weighted by Gasteiger charge is 2.58. The average Bonchev–Trinajstić information content (AvgIpc) is 3.05. The number of ketones is 1. The van der Waals surface area contributed by atoms with E-state index in [2.05, 4.69) is 0 Å². The number of ether oxygens (including phenoxy) is 6. The van der Waals surface area contributed by atoms with Gasteiger partial charge in [-0.1, -0.05) is 30.3 Å². The quantitative estimate of drug-likeness (QED) is 0.565. The summed E-state index contributed by atoms with van der Waals surface area (Å²) in [5.41, 5.74) is 0.889. The minimum Gasteiger partial charge on any atom is -0.467 e. The number of hydrogen-bond acceptors (Lipinski definition) is 9. The van der Waals surface area contributed by atoms with Crippen molar-refractivity contribution in [2.45, 2.75) is 76.7 Å². The molecule has 1 aromatic carbocycles. The van der Waals surface area contributed by atoms with Gasteiger partial charge in [-0.15, -0.1) is 0 Å². The van der Waals surface area contributed by atoms with Crippen LogP contribution in [0.4, 0.5) is 0 Å². The molecule has 0 radical (unpaired) electrons. The van der Waals surface area contributed by atoms with Gasteiger partial charge in [-0.05, 0) is 26.3 Å². The van der Waals surface area contributed by atoms with Gasteiger partial charge in [-0.3, -0.25) is 4.79 Å². The standard InChI is InChI=1S/C22H28O9/c1-13(23)10-11-15(24)28-17-16(27-12-14-8-6-5-7-9-14)19-21(31-22(2,3)30-19)29-18(17)20(25)26-4/h5-9,16-19,21H,10-12H2,1-4H3/t16-,17-,18+,19+,21+/m1/s1. The van der Waals surface area contributed by atoms with Crippen molar-refractivity contribution in [2.75, 3.05) is 7.11 Å². The van der Waals surface area contributed by atoms with Crippen LogP contribution in [-0.2, 0) is 49.4 Å². The SMILES string of the molecule is COC(=O)[C@H]1O[C@H]2OC(C)(C)O[C@H]2[C@H](OCc2ccccc2)[C@H]1OC(=O)CCC(C)=O. The molecule has 2 heterocycles. The lowest BCUT2D eigenvalue weighted by atomic mass is 9.98. The Morgan fingerprint density at radius 3 is 2.39 bits per heavy atom. The molecule has 9 nitrogen and oxygen atoms in total. The highest BCUT2D eigenvalue weighted by molar-refractivity contribution is 5.81. The predicted octanol–water partition coefficient (Wildman–Crippen LogP) is 1.90. The summed E-state index contributed by atoms with van der Waals surface area (Å²) < 4.78 is 34.0. The van der Waals surface area contributed by atoms with E-state index in [-0.39, 0.29) is 25.2 Å². The first-order valence-corrected chi connectivity index (χ1v) is 10.1. The number of carbonyl (C=O) groups excluding carboxylic acids is 3.